The van der Waals surface area contributed by atoms with Gasteiger partial charge in [-0.1, -0.05) is 45.7 Å². The first-order valence-corrected chi connectivity index (χ1v) is 9.46. The lowest BCUT2D eigenvalue weighted by Crippen LogP contribution is -2.47. The van der Waals surface area contributed by atoms with Gasteiger partial charge in [0.25, 0.3) is 0 Å². The SMILES string of the molecule is CC(C)C[C@@H](C(=O)O)N1C(=O)[C@@H]2[C@@H]3C[C@@H]([C@@H](Br)[C@@H]3Br)[C@@H]2C1=O. The normalized spacial score (nSPS) is 41.4. The number of carboxylic acids is 1. The average molecular weight is 437 g/mol. The molecule has 5 nitrogen and oxygen atoms in total. The highest BCUT2D eigenvalue weighted by molar-refractivity contribution is 9.12. The van der Waals surface area contributed by atoms with E-state index in [1.807, 2.05) is 13.8 Å². The van der Waals surface area contributed by atoms with Crippen molar-refractivity contribution in [1.29, 1.82) is 0 Å². The third kappa shape index (κ3) is 2.19. The summed E-state index contributed by atoms with van der Waals surface area (Å²) in [7, 11) is 0. The lowest BCUT2D eigenvalue weighted by Gasteiger charge is -2.28. The Hall–Kier alpha value is -0.430. The summed E-state index contributed by atoms with van der Waals surface area (Å²) in [6.45, 7) is 3.79. The molecule has 0 radical (unpaired) electrons. The number of amides is 2. The molecule has 7 heteroatoms. The number of rotatable bonds is 4. The maximum atomic E-state index is 12.8. The molecule has 1 aliphatic heterocycles. The van der Waals surface area contributed by atoms with E-state index in [4.69, 9.17) is 0 Å². The molecule has 3 aliphatic rings. The zero-order valence-corrected chi connectivity index (χ0v) is 15.6. The molecule has 1 heterocycles. The molecule has 2 aliphatic carbocycles. The van der Waals surface area contributed by atoms with Crippen LogP contribution in [0.25, 0.3) is 0 Å². The minimum atomic E-state index is -1.09. The third-order valence-electron chi connectivity index (χ3n) is 5.31. The predicted octanol–water partition coefficient (Wildman–Crippen LogP) is 2.26. The Morgan fingerprint density at radius 1 is 1.18 bits per heavy atom. The van der Waals surface area contributed by atoms with Crippen molar-refractivity contribution in [3.63, 3.8) is 0 Å². The van der Waals surface area contributed by atoms with Crippen LogP contribution in [-0.2, 0) is 14.4 Å². The van der Waals surface area contributed by atoms with Gasteiger partial charge in [0.15, 0.2) is 0 Å². The molecule has 2 saturated carbocycles. The molecule has 0 aromatic rings. The van der Waals surface area contributed by atoms with Crippen molar-refractivity contribution in [2.45, 2.75) is 42.4 Å². The second-order valence-electron chi connectivity index (χ2n) is 7.03. The van der Waals surface area contributed by atoms with Crippen LogP contribution in [0.4, 0.5) is 0 Å². The molecule has 0 unspecified atom stereocenters. The Bertz CT molecular complexity index is 506. The summed E-state index contributed by atoms with van der Waals surface area (Å²) in [6, 6.07) is -1.03. The van der Waals surface area contributed by atoms with E-state index in [9.17, 15) is 19.5 Å². The molecule has 122 valence electrons. The number of alkyl halides is 2. The van der Waals surface area contributed by atoms with Gasteiger partial charge in [-0.05, 0) is 30.6 Å². The Kier molecular flexibility index (Phi) is 4.17. The number of aliphatic carboxylic acids is 1. The maximum Gasteiger partial charge on any atom is 0.326 e. The van der Waals surface area contributed by atoms with Crippen LogP contribution >= 0.6 is 31.9 Å². The number of nitrogens with zero attached hydrogens (tertiary/aromatic N) is 1. The van der Waals surface area contributed by atoms with E-state index in [1.165, 1.54) is 0 Å². The van der Waals surface area contributed by atoms with E-state index in [2.05, 4.69) is 31.9 Å². The summed E-state index contributed by atoms with van der Waals surface area (Å²) in [5.74, 6) is -1.99. The van der Waals surface area contributed by atoms with Crippen molar-refractivity contribution in [3.8, 4) is 0 Å². The van der Waals surface area contributed by atoms with Crippen LogP contribution in [0.15, 0.2) is 0 Å². The van der Waals surface area contributed by atoms with Gasteiger partial charge in [0.1, 0.15) is 6.04 Å². The van der Waals surface area contributed by atoms with Crippen molar-refractivity contribution >= 4 is 49.6 Å². The molecule has 3 rings (SSSR count). The molecule has 1 N–H and O–H groups in total. The van der Waals surface area contributed by atoms with Gasteiger partial charge in [0, 0.05) is 9.65 Å². The van der Waals surface area contributed by atoms with Gasteiger partial charge in [0.2, 0.25) is 11.8 Å². The van der Waals surface area contributed by atoms with E-state index >= 15 is 0 Å². The van der Waals surface area contributed by atoms with Crippen LogP contribution < -0.4 is 0 Å². The molecule has 3 fully saturated rings. The first kappa shape index (κ1) is 16.4. The fraction of sp³-hybridized carbons (Fsp3) is 0.800. The van der Waals surface area contributed by atoms with Gasteiger partial charge in [-0.2, -0.15) is 0 Å². The summed E-state index contributed by atoms with van der Waals surface area (Å²) in [6.07, 6.45) is 1.16. The zero-order chi connectivity index (χ0) is 16.3. The molecule has 0 aromatic heterocycles. The average Bonchev–Trinajstić information content (AvgIpc) is 3.02. The van der Waals surface area contributed by atoms with Crippen LogP contribution in [0.1, 0.15) is 26.7 Å². The first-order chi connectivity index (χ1) is 10.3. The van der Waals surface area contributed by atoms with Crippen LogP contribution in [0.2, 0.25) is 0 Å². The number of fused-ring (bicyclic) bond motifs is 5. The number of imide groups is 1. The third-order valence-corrected chi connectivity index (χ3v) is 8.52. The van der Waals surface area contributed by atoms with Crippen molar-refractivity contribution in [1.82, 2.24) is 4.90 Å². The topological polar surface area (TPSA) is 74.7 Å². The van der Waals surface area contributed by atoms with E-state index in [1.54, 1.807) is 0 Å². The standard InChI is InChI=1S/C15H19Br2NO4/c1-5(2)3-8(15(21)22)18-13(19)9-6-4-7(10(9)14(18)20)12(17)11(6)16/h5-12H,3-4H2,1-2H3,(H,21,22)/t6-,7+,8-,9+,10-,11+,12+/m0/s1. The molecule has 1 saturated heterocycles. The van der Waals surface area contributed by atoms with Crippen molar-refractivity contribution < 1.29 is 19.5 Å². The van der Waals surface area contributed by atoms with Gasteiger partial charge in [-0.25, -0.2) is 4.79 Å². The van der Waals surface area contributed by atoms with Gasteiger partial charge in [-0.3, -0.25) is 14.5 Å². The summed E-state index contributed by atoms with van der Waals surface area (Å²) in [5.41, 5.74) is 0. The zero-order valence-electron chi connectivity index (χ0n) is 12.4. The monoisotopic (exact) mass is 435 g/mol. The molecule has 7 atom stereocenters. The number of carbonyl (C=O) groups excluding carboxylic acids is 2. The fourth-order valence-electron chi connectivity index (χ4n) is 4.44. The number of likely N-dealkylation sites (tertiary alicyclic amines) is 1. The summed E-state index contributed by atoms with van der Waals surface area (Å²) in [5, 5.41) is 9.47. The minimum absolute atomic E-state index is 0.103. The summed E-state index contributed by atoms with van der Waals surface area (Å²) in [4.78, 5) is 38.5. The molecular formula is C15H19Br2NO4. The second-order valence-corrected chi connectivity index (χ2v) is 9.15. The van der Waals surface area contributed by atoms with Crippen molar-refractivity contribution in [2.24, 2.45) is 29.6 Å². The van der Waals surface area contributed by atoms with E-state index in [0.717, 1.165) is 11.3 Å². The minimum Gasteiger partial charge on any atom is -0.480 e. The van der Waals surface area contributed by atoms with Gasteiger partial charge in [-0.15, -0.1) is 0 Å². The van der Waals surface area contributed by atoms with Crippen LogP contribution in [-0.4, -0.2) is 43.5 Å². The first-order valence-electron chi connectivity index (χ1n) is 7.63. The van der Waals surface area contributed by atoms with E-state index in [0.29, 0.717) is 6.42 Å². The summed E-state index contributed by atoms with van der Waals surface area (Å²) < 4.78 is 0. The fourth-order valence-corrected chi connectivity index (χ4v) is 6.32. The number of carbonyl (C=O) groups is 3. The lowest BCUT2D eigenvalue weighted by atomic mass is 9.81. The highest BCUT2D eigenvalue weighted by atomic mass is 79.9. The molecule has 22 heavy (non-hydrogen) atoms. The number of halogens is 2. The molecule has 2 bridgehead atoms. The number of hydrogen-bond acceptors (Lipinski definition) is 3. The Morgan fingerprint density at radius 3 is 2.00 bits per heavy atom. The quantitative estimate of drug-likeness (QED) is 0.541. The van der Waals surface area contributed by atoms with Gasteiger partial charge in [0.05, 0.1) is 11.8 Å². The second kappa shape index (κ2) is 5.58. The molecule has 2 amide bonds. The van der Waals surface area contributed by atoms with Crippen LogP contribution in [0.3, 0.4) is 0 Å². The van der Waals surface area contributed by atoms with Crippen molar-refractivity contribution in [2.75, 3.05) is 0 Å². The van der Waals surface area contributed by atoms with Crippen LogP contribution in [0.5, 0.6) is 0 Å². The largest absolute Gasteiger partial charge is 0.480 e. The smallest absolute Gasteiger partial charge is 0.326 e. The van der Waals surface area contributed by atoms with E-state index in [-0.39, 0.29) is 51.1 Å². The Labute approximate surface area is 146 Å². The van der Waals surface area contributed by atoms with E-state index < -0.39 is 12.0 Å². The maximum absolute atomic E-state index is 12.8. The number of carboxylic acid groups (broad SMARTS) is 1. The Morgan fingerprint density at radius 2 is 1.64 bits per heavy atom. The summed E-state index contributed by atoms with van der Waals surface area (Å²) >= 11 is 7.25. The Balaban J connectivity index is 1.92. The highest BCUT2D eigenvalue weighted by Gasteiger charge is 2.67. The predicted molar refractivity (Wildman–Crippen MR) is 86.7 cm³/mol. The molecular weight excluding hydrogens is 418 g/mol. The number of hydrogen-bond donors (Lipinski definition) is 1. The van der Waals surface area contributed by atoms with Crippen LogP contribution in [0, 0.1) is 29.6 Å². The van der Waals surface area contributed by atoms with Gasteiger partial charge >= 0.3 is 5.97 Å². The van der Waals surface area contributed by atoms with Gasteiger partial charge < -0.3 is 5.11 Å². The molecule has 0 aromatic carbocycles. The molecule has 0 spiro atoms. The highest BCUT2D eigenvalue weighted by Crippen LogP contribution is 2.60. The lowest BCUT2D eigenvalue weighted by molar-refractivity contribution is -0.156. The van der Waals surface area contributed by atoms with Crippen molar-refractivity contribution in [3.05, 3.63) is 0 Å².